The second kappa shape index (κ2) is 6.66. The highest BCUT2D eigenvalue weighted by atomic mass is 32.2. The van der Waals surface area contributed by atoms with E-state index in [0.29, 0.717) is 4.90 Å². The molecule has 1 aliphatic carbocycles. The van der Waals surface area contributed by atoms with Gasteiger partial charge in [0.1, 0.15) is 0 Å². The summed E-state index contributed by atoms with van der Waals surface area (Å²) in [6, 6.07) is 6.43. The normalized spacial score (nSPS) is 17.2. The Labute approximate surface area is 132 Å². The Morgan fingerprint density at radius 3 is 2.09 bits per heavy atom. The molecule has 0 spiro atoms. The number of hydrogen-bond acceptors (Lipinski definition) is 4. The largest absolute Gasteiger partial charge is 0.279 e. The first-order valence-electron chi connectivity index (χ1n) is 7.23. The number of benzene rings is 1. The molecule has 1 saturated carbocycles. The van der Waals surface area contributed by atoms with Gasteiger partial charge in [0, 0.05) is 20.6 Å². The van der Waals surface area contributed by atoms with E-state index in [1.54, 1.807) is 24.3 Å². The Morgan fingerprint density at radius 1 is 1.05 bits per heavy atom. The maximum atomic E-state index is 12.4. The molecular formula is C14H22N2O4S2. The monoisotopic (exact) mass is 346 g/mol. The lowest BCUT2D eigenvalue weighted by Crippen LogP contribution is -2.35. The van der Waals surface area contributed by atoms with Crippen molar-refractivity contribution < 1.29 is 16.8 Å². The molecule has 1 fully saturated rings. The highest BCUT2D eigenvalue weighted by Gasteiger charge is 2.30. The van der Waals surface area contributed by atoms with Gasteiger partial charge in [0.05, 0.1) is 10.1 Å². The number of nitrogens with one attached hydrogen (secondary N) is 1. The van der Waals surface area contributed by atoms with Crippen LogP contribution >= 0.6 is 0 Å². The molecule has 0 heterocycles. The van der Waals surface area contributed by atoms with E-state index in [2.05, 4.69) is 4.72 Å². The Morgan fingerprint density at radius 2 is 1.59 bits per heavy atom. The second-order valence-electron chi connectivity index (χ2n) is 5.70. The summed E-state index contributed by atoms with van der Waals surface area (Å²) in [6.07, 6.45) is 3.39. The van der Waals surface area contributed by atoms with E-state index in [0.717, 1.165) is 35.6 Å². The molecule has 2 rings (SSSR count). The topological polar surface area (TPSA) is 83.6 Å². The summed E-state index contributed by atoms with van der Waals surface area (Å²) >= 11 is 0. The van der Waals surface area contributed by atoms with Gasteiger partial charge < -0.3 is 0 Å². The lowest BCUT2D eigenvalue weighted by atomic mass is 10.2. The molecule has 0 aromatic heterocycles. The van der Waals surface area contributed by atoms with Crippen molar-refractivity contribution >= 4 is 20.0 Å². The predicted molar refractivity (Wildman–Crippen MR) is 85.3 cm³/mol. The summed E-state index contributed by atoms with van der Waals surface area (Å²) in [5.41, 5.74) is 0.718. The van der Waals surface area contributed by atoms with Crippen molar-refractivity contribution in [3.8, 4) is 0 Å². The van der Waals surface area contributed by atoms with Crippen molar-refractivity contribution in [2.24, 2.45) is 0 Å². The maximum Gasteiger partial charge on any atom is 0.279 e. The Hall–Kier alpha value is -0.960. The van der Waals surface area contributed by atoms with Gasteiger partial charge in [-0.25, -0.2) is 8.42 Å². The number of rotatable bonds is 6. The first-order chi connectivity index (χ1) is 10.2. The van der Waals surface area contributed by atoms with Gasteiger partial charge in [-0.3, -0.25) is 0 Å². The van der Waals surface area contributed by atoms with Gasteiger partial charge in [-0.05, 0) is 30.5 Å². The van der Waals surface area contributed by atoms with E-state index in [-0.39, 0.29) is 11.8 Å². The molecule has 6 nitrogen and oxygen atoms in total. The summed E-state index contributed by atoms with van der Waals surface area (Å²) < 4.78 is 51.6. The van der Waals surface area contributed by atoms with E-state index < -0.39 is 20.0 Å². The highest BCUT2D eigenvalue weighted by molar-refractivity contribution is 7.92. The van der Waals surface area contributed by atoms with Crippen LogP contribution in [0.1, 0.15) is 31.2 Å². The molecule has 0 atom stereocenters. The summed E-state index contributed by atoms with van der Waals surface area (Å²) in [5.74, 6) is 0. The van der Waals surface area contributed by atoms with Crippen LogP contribution in [0.5, 0.6) is 0 Å². The van der Waals surface area contributed by atoms with Gasteiger partial charge in [0.25, 0.3) is 10.2 Å². The van der Waals surface area contributed by atoms with Gasteiger partial charge >= 0.3 is 0 Å². The maximum absolute atomic E-state index is 12.4. The quantitative estimate of drug-likeness (QED) is 0.841. The molecular weight excluding hydrogens is 324 g/mol. The van der Waals surface area contributed by atoms with Crippen molar-refractivity contribution in [2.45, 2.75) is 42.4 Å². The Balaban J connectivity index is 2.07. The summed E-state index contributed by atoms with van der Waals surface area (Å²) in [5, 5.41) is -0.273. The van der Waals surface area contributed by atoms with Crippen LogP contribution in [0, 0.1) is 0 Å². The third-order valence-corrected chi connectivity index (χ3v) is 7.68. The van der Waals surface area contributed by atoms with E-state index >= 15 is 0 Å². The smallest absolute Gasteiger partial charge is 0.223 e. The first kappa shape index (κ1) is 17.4. The zero-order valence-electron chi connectivity index (χ0n) is 12.8. The molecule has 0 saturated heterocycles. The second-order valence-corrected chi connectivity index (χ2v) is 9.90. The van der Waals surface area contributed by atoms with Crippen LogP contribution in [0.4, 0.5) is 0 Å². The minimum Gasteiger partial charge on any atom is -0.223 e. The lowest BCUT2D eigenvalue weighted by Gasteiger charge is -2.13. The number of sulfone groups is 1. The number of hydrogen-bond donors (Lipinski definition) is 1. The highest BCUT2D eigenvalue weighted by Crippen LogP contribution is 2.29. The van der Waals surface area contributed by atoms with Crippen molar-refractivity contribution in [1.82, 2.24) is 9.03 Å². The molecule has 0 amide bonds. The van der Waals surface area contributed by atoms with Crippen LogP contribution in [0.3, 0.4) is 0 Å². The molecule has 1 aromatic rings. The van der Waals surface area contributed by atoms with Crippen molar-refractivity contribution in [1.29, 1.82) is 0 Å². The van der Waals surface area contributed by atoms with Gasteiger partial charge in [-0.15, -0.1) is 0 Å². The fourth-order valence-corrected chi connectivity index (χ4v) is 4.95. The molecule has 1 aliphatic rings. The fourth-order valence-electron chi connectivity index (χ4n) is 2.49. The SMILES string of the molecule is CN(C)S(=O)(=O)NCc1ccc(S(=O)(=O)C2CCCC2)cc1. The Kier molecular flexibility index (Phi) is 5.26. The van der Waals surface area contributed by atoms with E-state index in [1.807, 2.05) is 0 Å². The van der Waals surface area contributed by atoms with Gasteiger partial charge in [-0.2, -0.15) is 17.4 Å². The molecule has 0 aliphatic heterocycles. The third-order valence-electron chi connectivity index (χ3n) is 3.93. The van der Waals surface area contributed by atoms with Crippen LogP contribution < -0.4 is 4.72 Å². The van der Waals surface area contributed by atoms with Crippen molar-refractivity contribution in [2.75, 3.05) is 14.1 Å². The molecule has 124 valence electrons. The standard InChI is InChI=1S/C14H22N2O4S2/c1-16(2)22(19,20)15-11-12-7-9-14(10-8-12)21(17,18)13-5-3-4-6-13/h7-10,13,15H,3-6,11H2,1-2H3. The molecule has 0 radical (unpaired) electrons. The molecule has 0 bridgehead atoms. The molecule has 8 heteroatoms. The van der Waals surface area contributed by atoms with Crippen molar-refractivity contribution in [3.63, 3.8) is 0 Å². The molecule has 0 unspecified atom stereocenters. The zero-order chi connectivity index (χ0) is 16.4. The minimum absolute atomic E-state index is 0.129. The average molecular weight is 346 g/mol. The van der Waals surface area contributed by atoms with Crippen molar-refractivity contribution in [3.05, 3.63) is 29.8 Å². The van der Waals surface area contributed by atoms with E-state index in [4.69, 9.17) is 0 Å². The van der Waals surface area contributed by atoms with Crippen LogP contribution in [-0.4, -0.2) is 40.5 Å². The van der Waals surface area contributed by atoms with Gasteiger partial charge in [0.2, 0.25) is 0 Å². The third kappa shape index (κ3) is 3.87. The molecule has 1 aromatic carbocycles. The predicted octanol–water partition coefficient (Wildman–Crippen LogP) is 1.30. The molecule has 22 heavy (non-hydrogen) atoms. The average Bonchev–Trinajstić information content (AvgIpc) is 3.00. The summed E-state index contributed by atoms with van der Waals surface area (Å²) in [7, 11) is -3.85. The van der Waals surface area contributed by atoms with Crippen LogP contribution in [0.15, 0.2) is 29.2 Å². The minimum atomic E-state index is -3.48. The van der Waals surface area contributed by atoms with E-state index in [1.165, 1.54) is 14.1 Å². The first-order valence-corrected chi connectivity index (χ1v) is 10.2. The summed E-state index contributed by atoms with van der Waals surface area (Å²) in [6.45, 7) is 0.129. The van der Waals surface area contributed by atoms with Crippen LogP contribution in [0.25, 0.3) is 0 Å². The van der Waals surface area contributed by atoms with Crippen LogP contribution in [-0.2, 0) is 26.6 Å². The van der Waals surface area contributed by atoms with Crippen LogP contribution in [0.2, 0.25) is 0 Å². The fraction of sp³-hybridized carbons (Fsp3) is 0.571. The zero-order valence-corrected chi connectivity index (χ0v) is 14.5. The van der Waals surface area contributed by atoms with Gasteiger partial charge in [-0.1, -0.05) is 25.0 Å². The van der Waals surface area contributed by atoms with E-state index in [9.17, 15) is 16.8 Å². The Bertz CT molecular complexity index is 704. The van der Waals surface area contributed by atoms with Gasteiger partial charge in [0.15, 0.2) is 9.84 Å². The molecule has 1 N–H and O–H groups in total. The number of nitrogens with zero attached hydrogens (tertiary/aromatic N) is 1. The summed E-state index contributed by atoms with van der Waals surface area (Å²) in [4.78, 5) is 0.318. The lowest BCUT2D eigenvalue weighted by molar-refractivity contribution is 0.505.